The van der Waals surface area contributed by atoms with E-state index in [0.29, 0.717) is 12.8 Å². The molecule has 1 aliphatic heterocycles. The van der Waals surface area contributed by atoms with Gasteiger partial charge < -0.3 is 4.57 Å². The van der Waals surface area contributed by atoms with Crippen LogP contribution in [0, 0.1) is 34.5 Å². The molecule has 0 saturated carbocycles. The van der Waals surface area contributed by atoms with Crippen molar-refractivity contribution in [2.45, 2.75) is 31.7 Å². The van der Waals surface area contributed by atoms with Crippen LogP contribution in [0.1, 0.15) is 36.2 Å². The molecule has 134 valence electrons. The van der Waals surface area contributed by atoms with Crippen molar-refractivity contribution in [2.75, 3.05) is 13.6 Å². The lowest BCUT2D eigenvalue weighted by molar-refractivity contribution is 0.0855. The number of likely N-dealkylation sites (tertiary alicyclic amines) is 1. The lowest BCUT2D eigenvalue weighted by Gasteiger charge is -2.39. The summed E-state index contributed by atoms with van der Waals surface area (Å²) in [5.74, 6) is 0.394. The van der Waals surface area contributed by atoms with E-state index >= 15 is 0 Å². The third kappa shape index (κ3) is 3.36. The summed E-state index contributed by atoms with van der Waals surface area (Å²) < 4.78 is 1.96. The molecule has 3 rings (SSSR count). The van der Waals surface area contributed by atoms with Crippen LogP contribution in [0.25, 0.3) is 10.9 Å². The molecule has 1 aromatic heterocycles. The standard InChI is InChI=1S/C21H24N4O/c1-24-12-10-15(17(9-11-22)20(24)14-23)7-8-21(26)19-13-16-5-3-4-6-18(16)25(19)2/h3-6,13,15,17,20H,7-10,12H2,1-2H3/t15-,17+,20+/m1/s1. The highest BCUT2D eigenvalue weighted by Gasteiger charge is 2.36. The molecule has 3 atom stereocenters. The molecule has 0 unspecified atom stereocenters. The number of aromatic nitrogens is 1. The largest absolute Gasteiger partial charge is 0.341 e. The normalized spacial score (nSPS) is 23.5. The molecule has 0 radical (unpaired) electrons. The van der Waals surface area contributed by atoms with E-state index < -0.39 is 0 Å². The molecule has 0 N–H and O–H groups in total. The Kier molecular flexibility index (Phi) is 5.40. The topological polar surface area (TPSA) is 72.8 Å². The second-order valence-electron chi connectivity index (χ2n) is 7.24. The van der Waals surface area contributed by atoms with Crippen LogP contribution in [0.4, 0.5) is 0 Å². The Balaban J connectivity index is 1.72. The van der Waals surface area contributed by atoms with Crippen molar-refractivity contribution in [2.24, 2.45) is 18.9 Å². The summed E-state index contributed by atoms with van der Waals surface area (Å²) in [5.41, 5.74) is 1.79. The molecule has 1 fully saturated rings. The number of para-hydroxylation sites is 1. The quantitative estimate of drug-likeness (QED) is 0.775. The molecule has 0 aliphatic carbocycles. The zero-order chi connectivity index (χ0) is 18.7. The van der Waals surface area contributed by atoms with E-state index in [4.69, 9.17) is 5.26 Å². The fourth-order valence-corrected chi connectivity index (χ4v) is 4.24. The van der Waals surface area contributed by atoms with Gasteiger partial charge in [0.1, 0.15) is 6.04 Å². The van der Waals surface area contributed by atoms with Crippen LogP contribution in [-0.4, -0.2) is 34.9 Å². The minimum atomic E-state index is -0.235. The zero-order valence-corrected chi connectivity index (χ0v) is 15.4. The van der Waals surface area contributed by atoms with E-state index in [1.807, 2.05) is 53.9 Å². The van der Waals surface area contributed by atoms with Crippen molar-refractivity contribution in [3.63, 3.8) is 0 Å². The summed E-state index contributed by atoms with van der Waals surface area (Å²) in [5, 5.41) is 19.7. The van der Waals surface area contributed by atoms with Gasteiger partial charge in [0, 0.05) is 36.7 Å². The van der Waals surface area contributed by atoms with Crippen LogP contribution < -0.4 is 0 Å². The molecule has 5 heteroatoms. The number of hydrogen-bond acceptors (Lipinski definition) is 4. The Morgan fingerprint density at radius 1 is 1.27 bits per heavy atom. The molecular formula is C21H24N4O. The SMILES string of the molecule is CN1CC[C@@H](CCC(=O)c2cc3ccccc3n2C)[C@H](CC#N)[C@@H]1C#N. The molecule has 1 saturated heterocycles. The summed E-state index contributed by atoms with van der Waals surface area (Å²) in [6, 6.07) is 14.3. The van der Waals surface area contributed by atoms with Crippen LogP contribution >= 0.6 is 0 Å². The third-order valence-corrected chi connectivity index (χ3v) is 5.78. The Bertz CT molecular complexity index is 886. The van der Waals surface area contributed by atoms with E-state index in [2.05, 4.69) is 12.1 Å². The third-order valence-electron chi connectivity index (χ3n) is 5.78. The Morgan fingerprint density at radius 2 is 2.04 bits per heavy atom. The van der Waals surface area contributed by atoms with E-state index in [0.717, 1.165) is 36.0 Å². The minimum Gasteiger partial charge on any atom is -0.341 e. The number of hydrogen-bond donors (Lipinski definition) is 0. The number of benzene rings is 1. The van der Waals surface area contributed by atoms with Crippen molar-refractivity contribution in [1.29, 1.82) is 10.5 Å². The number of carbonyl (C=O) groups is 1. The molecule has 2 aromatic rings. The number of Topliss-reactive ketones (excluding diaryl/α,β-unsaturated/α-hetero) is 1. The van der Waals surface area contributed by atoms with E-state index in [1.165, 1.54) is 0 Å². The molecule has 1 aromatic carbocycles. The Morgan fingerprint density at radius 3 is 2.73 bits per heavy atom. The summed E-state index contributed by atoms with van der Waals surface area (Å²) in [7, 11) is 3.87. The maximum absolute atomic E-state index is 12.8. The monoisotopic (exact) mass is 348 g/mol. The first-order valence-corrected chi connectivity index (χ1v) is 9.11. The highest BCUT2D eigenvalue weighted by atomic mass is 16.1. The average Bonchev–Trinajstić information content (AvgIpc) is 2.98. The highest BCUT2D eigenvalue weighted by molar-refractivity contribution is 6.00. The Hall–Kier alpha value is -2.63. The van der Waals surface area contributed by atoms with Gasteiger partial charge in [-0.25, -0.2) is 0 Å². The molecule has 2 heterocycles. The van der Waals surface area contributed by atoms with Gasteiger partial charge in [-0.2, -0.15) is 10.5 Å². The van der Waals surface area contributed by atoms with Crippen molar-refractivity contribution in [1.82, 2.24) is 9.47 Å². The van der Waals surface area contributed by atoms with Gasteiger partial charge in [-0.05, 0) is 44.5 Å². The molecule has 0 spiro atoms. The lowest BCUT2D eigenvalue weighted by atomic mass is 9.76. The summed E-state index contributed by atoms with van der Waals surface area (Å²) in [4.78, 5) is 14.8. The predicted molar refractivity (Wildman–Crippen MR) is 100 cm³/mol. The molecule has 0 bridgehead atoms. The second kappa shape index (κ2) is 7.72. The van der Waals surface area contributed by atoms with Crippen LogP contribution in [0.5, 0.6) is 0 Å². The minimum absolute atomic E-state index is 0.0176. The molecule has 1 aliphatic rings. The highest BCUT2D eigenvalue weighted by Crippen LogP contribution is 2.34. The molecular weight excluding hydrogens is 324 g/mol. The second-order valence-corrected chi connectivity index (χ2v) is 7.24. The fourth-order valence-electron chi connectivity index (χ4n) is 4.24. The number of aryl methyl sites for hydroxylation is 1. The van der Waals surface area contributed by atoms with E-state index in [1.54, 1.807) is 0 Å². The first-order valence-electron chi connectivity index (χ1n) is 9.11. The fraction of sp³-hybridized carbons (Fsp3) is 0.476. The number of ketones is 1. The van der Waals surface area contributed by atoms with Gasteiger partial charge in [0.05, 0.1) is 17.8 Å². The van der Waals surface area contributed by atoms with Crippen molar-refractivity contribution < 1.29 is 4.79 Å². The molecule has 0 amide bonds. The number of rotatable bonds is 5. The van der Waals surface area contributed by atoms with E-state index in [-0.39, 0.29) is 23.7 Å². The maximum atomic E-state index is 12.8. The van der Waals surface area contributed by atoms with Gasteiger partial charge in [0.2, 0.25) is 0 Å². The van der Waals surface area contributed by atoms with Gasteiger partial charge in [-0.1, -0.05) is 18.2 Å². The van der Waals surface area contributed by atoms with Gasteiger partial charge in [-0.15, -0.1) is 0 Å². The van der Waals surface area contributed by atoms with Crippen LogP contribution in [0.2, 0.25) is 0 Å². The average molecular weight is 348 g/mol. The zero-order valence-electron chi connectivity index (χ0n) is 15.4. The molecule has 26 heavy (non-hydrogen) atoms. The Labute approximate surface area is 154 Å². The maximum Gasteiger partial charge on any atom is 0.179 e. The lowest BCUT2D eigenvalue weighted by Crippen LogP contribution is -2.46. The number of nitriles is 2. The first kappa shape index (κ1) is 18.2. The molecule has 5 nitrogen and oxygen atoms in total. The van der Waals surface area contributed by atoms with Crippen molar-refractivity contribution >= 4 is 16.7 Å². The summed E-state index contributed by atoms with van der Waals surface area (Å²) >= 11 is 0. The number of carbonyl (C=O) groups excluding carboxylic acids is 1. The number of fused-ring (bicyclic) bond motifs is 1. The van der Waals surface area contributed by atoms with Crippen molar-refractivity contribution in [3.8, 4) is 12.1 Å². The van der Waals surface area contributed by atoms with Gasteiger partial charge in [-0.3, -0.25) is 9.69 Å². The number of piperidine rings is 1. The van der Waals surface area contributed by atoms with E-state index in [9.17, 15) is 10.1 Å². The van der Waals surface area contributed by atoms with Gasteiger partial charge in [0.15, 0.2) is 5.78 Å². The van der Waals surface area contributed by atoms with Crippen molar-refractivity contribution in [3.05, 3.63) is 36.0 Å². The van der Waals surface area contributed by atoms with Gasteiger partial charge in [0.25, 0.3) is 0 Å². The summed E-state index contributed by atoms with van der Waals surface area (Å²) in [6.07, 6.45) is 2.50. The first-order chi connectivity index (χ1) is 12.6. The predicted octanol–water partition coefficient (Wildman–Crippen LogP) is 3.51. The van der Waals surface area contributed by atoms with Crippen LogP contribution in [0.3, 0.4) is 0 Å². The smallest absolute Gasteiger partial charge is 0.179 e. The van der Waals surface area contributed by atoms with Crippen LogP contribution in [-0.2, 0) is 7.05 Å². The van der Waals surface area contributed by atoms with Crippen LogP contribution in [0.15, 0.2) is 30.3 Å². The summed E-state index contributed by atoms with van der Waals surface area (Å²) in [6.45, 7) is 0.840. The van der Waals surface area contributed by atoms with Gasteiger partial charge >= 0.3 is 0 Å². The number of nitrogens with zero attached hydrogens (tertiary/aromatic N) is 4.